The molecule has 0 fully saturated rings. The number of carbonyl (C=O) groups is 1. The number of nitrogens with one attached hydrogen (secondary N) is 1. The lowest BCUT2D eigenvalue weighted by Crippen LogP contribution is -2.15. The first-order chi connectivity index (χ1) is 9.89. The zero-order valence-corrected chi connectivity index (χ0v) is 11.9. The zero-order valence-electron chi connectivity index (χ0n) is 11.1. The van der Waals surface area contributed by atoms with Gasteiger partial charge in [0, 0.05) is 12.1 Å². The Morgan fingerprint density at radius 2 is 1.95 bits per heavy atom. The van der Waals surface area contributed by atoms with Crippen LogP contribution in [0.4, 0.5) is 14.5 Å². The number of carbonyl (C=O) groups excluding carboxylic acids is 1. The number of alkyl halides is 2. The maximum Gasteiger partial charge on any atom is 0.341 e. The summed E-state index contributed by atoms with van der Waals surface area (Å²) in [7, 11) is -4.60. The van der Waals surface area contributed by atoms with Crippen molar-refractivity contribution in [2.75, 3.05) is 5.32 Å². The van der Waals surface area contributed by atoms with Crippen molar-refractivity contribution < 1.29 is 22.0 Å². The van der Waals surface area contributed by atoms with Gasteiger partial charge in [-0.3, -0.25) is 4.79 Å². The monoisotopic (exact) mass is 315 g/mol. The first-order valence-electron chi connectivity index (χ1n) is 6.48. The van der Waals surface area contributed by atoms with Crippen LogP contribution in [-0.4, -0.2) is 20.1 Å². The molecular formula is C14H15F2NO3S. The van der Waals surface area contributed by atoms with E-state index in [-0.39, 0.29) is 11.8 Å². The van der Waals surface area contributed by atoms with Crippen LogP contribution in [0.15, 0.2) is 41.3 Å². The van der Waals surface area contributed by atoms with Gasteiger partial charge in [-0.15, -0.1) is 0 Å². The third-order valence-electron chi connectivity index (χ3n) is 3.26. The predicted molar refractivity (Wildman–Crippen MR) is 74.7 cm³/mol. The van der Waals surface area contributed by atoms with Crippen LogP contribution in [0.1, 0.15) is 19.3 Å². The SMILES string of the molecule is O=C(CC1C=CCC1)Nc1ccc(S(=O)(=O)C(F)F)cc1. The molecule has 1 aliphatic carbocycles. The Morgan fingerprint density at radius 3 is 2.48 bits per heavy atom. The highest BCUT2D eigenvalue weighted by molar-refractivity contribution is 7.91. The standard InChI is InChI=1S/C14H15F2NO3S/c15-14(16)21(19,20)12-7-5-11(6-8-12)17-13(18)9-10-3-1-2-4-10/h1,3,5-8,10,14H,2,4,9H2,(H,17,18). The van der Waals surface area contributed by atoms with Crippen LogP contribution in [0, 0.1) is 5.92 Å². The predicted octanol–water partition coefficient (Wildman–Crippen LogP) is 2.98. The van der Waals surface area contributed by atoms with Crippen molar-refractivity contribution in [3.05, 3.63) is 36.4 Å². The molecule has 1 aromatic carbocycles. The van der Waals surface area contributed by atoms with Crippen LogP contribution in [-0.2, 0) is 14.6 Å². The molecule has 1 N–H and O–H groups in total. The Bertz CT molecular complexity index is 639. The lowest BCUT2D eigenvalue weighted by atomic mass is 10.1. The molecule has 1 atom stereocenters. The number of hydrogen-bond donors (Lipinski definition) is 1. The highest BCUT2D eigenvalue weighted by atomic mass is 32.2. The van der Waals surface area contributed by atoms with Crippen LogP contribution >= 0.6 is 0 Å². The summed E-state index contributed by atoms with van der Waals surface area (Å²) >= 11 is 0. The Morgan fingerprint density at radius 1 is 1.29 bits per heavy atom. The molecule has 1 aromatic rings. The van der Waals surface area contributed by atoms with Gasteiger partial charge in [-0.2, -0.15) is 8.78 Å². The van der Waals surface area contributed by atoms with Crippen molar-refractivity contribution in [1.82, 2.24) is 0 Å². The number of allylic oxidation sites excluding steroid dienone is 2. The van der Waals surface area contributed by atoms with Crippen LogP contribution in [0.2, 0.25) is 0 Å². The fourth-order valence-electron chi connectivity index (χ4n) is 2.15. The molecule has 0 radical (unpaired) electrons. The van der Waals surface area contributed by atoms with Crippen LogP contribution in [0.5, 0.6) is 0 Å². The lowest BCUT2D eigenvalue weighted by molar-refractivity contribution is -0.116. The minimum absolute atomic E-state index is 0.184. The third kappa shape index (κ3) is 3.87. The Kier molecular flexibility index (Phi) is 4.72. The van der Waals surface area contributed by atoms with Gasteiger partial charge < -0.3 is 5.32 Å². The number of halogens is 2. The Balaban J connectivity index is 1.99. The second-order valence-electron chi connectivity index (χ2n) is 4.85. The molecule has 1 aliphatic rings. The second-order valence-corrected chi connectivity index (χ2v) is 6.77. The van der Waals surface area contributed by atoms with Gasteiger partial charge in [-0.25, -0.2) is 8.42 Å². The number of benzene rings is 1. The molecule has 0 aliphatic heterocycles. The molecule has 0 heterocycles. The van der Waals surface area contributed by atoms with E-state index < -0.39 is 20.5 Å². The van der Waals surface area contributed by atoms with Crippen molar-refractivity contribution in [1.29, 1.82) is 0 Å². The Hall–Kier alpha value is -1.76. The molecule has 0 aromatic heterocycles. The number of anilines is 1. The highest BCUT2D eigenvalue weighted by Gasteiger charge is 2.26. The molecule has 0 saturated heterocycles. The van der Waals surface area contributed by atoms with E-state index in [2.05, 4.69) is 5.32 Å². The molecule has 4 nitrogen and oxygen atoms in total. The van der Waals surface area contributed by atoms with Crippen molar-refractivity contribution in [3.63, 3.8) is 0 Å². The fourth-order valence-corrected chi connectivity index (χ4v) is 2.87. The number of sulfone groups is 1. The minimum Gasteiger partial charge on any atom is -0.326 e. The molecule has 0 spiro atoms. The number of hydrogen-bond acceptors (Lipinski definition) is 3. The van der Waals surface area contributed by atoms with E-state index in [4.69, 9.17) is 0 Å². The van der Waals surface area contributed by atoms with E-state index in [1.54, 1.807) is 0 Å². The van der Waals surface area contributed by atoms with Crippen molar-refractivity contribution in [2.24, 2.45) is 5.92 Å². The van der Waals surface area contributed by atoms with Gasteiger partial charge in [0.05, 0.1) is 4.90 Å². The van der Waals surface area contributed by atoms with Crippen molar-refractivity contribution in [3.8, 4) is 0 Å². The smallest absolute Gasteiger partial charge is 0.326 e. The summed E-state index contributed by atoms with van der Waals surface area (Å²) < 4.78 is 47.2. The van der Waals surface area contributed by atoms with Crippen LogP contribution in [0.3, 0.4) is 0 Å². The molecule has 1 amide bonds. The summed E-state index contributed by atoms with van der Waals surface area (Å²) in [5.74, 6) is -3.41. The van der Waals surface area contributed by atoms with E-state index >= 15 is 0 Å². The summed E-state index contributed by atoms with van der Waals surface area (Å²) in [6.45, 7) is 0. The normalized spacial score (nSPS) is 18.1. The van der Waals surface area contributed by atoms with Crippen LogP contribution in [0.25, 0.3) is 0 Å². The average molecular weight is 315 g/mol. The second kappa shape index (κ2) is 6.34. The number of amides is 1. The number of rotatable bonds is 5. The van der Waals surface area contributed by atoms with Crippen LogP contribution < -0.4 is 5.32 Å². The molecule has 114 valence electrons. The van der Waals surface area contributed by atoms with E-state index in [1.165, 1.54) is 12.1 Å². The summed E-state index contributed by atoms with van der Waals surface area (Å²) in [6, 6.07) is 4.73. The molecule has 0 saturated carbocycles. The molecule has 7 heteroatoms. The summed E-state index contributed by atoms with van der Waals surface area (Å²) in [5, 5.41) is 2.62. The minimum atomic E-state index is -4.60. The maximum atomic E-state index is 12.4. The van der Waals surface area contributed by atoms with E-state index in [1.807, 2.05) is 12.2 Å². The van der Waals surface area contributed by atoms with Gasteiger partial charge in [0.25, 0.3) is 0 Å². The summed E-state index contributed by atoms with van der Waals surface area (Å²) in [4.78, 5) is 11.3. The first kappa shape index (κ1) is 15.6. The van der Waals surface area contributed by atoms with Gasteiger partial charge in [-0.1, -0.05) is 12.2 Å². The Labute approximate surface area is 121 Å². The third-order valence-corrected chi connectivity index (χ3v) is 4.66. The summed E-state index contributed by atoms with van der Waals surface area (Å²) in [6.07, 6.45) is 6.30. The van der Waals surface area contributed by atoms with E-state index in [0.29, 0.717) is 12.1 Å². The molecule has 21 heavy (non-hydrogen) atoms. The van der Waals surface area contributed by atoms with Gasteiger partial charge in [0.1, 0.15) is 0 Å². The zero-order chi connectivity index (χ0) is 15.5. The average Bonchev–Trinajstić information content (AvgIpc) is 2.91. The lowest BCUT2D eigenvalue weighted by Gasteiger charge is -2.09. The summed E-state index contributed by atoms with van der Waals surface area (Å²) in [5.41, 5.74) is 0.384. The van der Waals surface area contributed by atoms with Gasteiger partial charge in [0.2, 0.25) is 15.7 Å². The quantitative estimate of drug-likeness (QED) is 0.850. The van der Waals surface area contributed by atoms with Gasteiger partial charge in [0.15, 0.2) is 0 Å². The highest BCUT2D eigenvalue weighted by Crippen LogP contribution is 2.22. The van der Waals surface area contributed by atoms with Crippen molar-refractivity contribution in [2.45, 2.75) is 29.9 Å². The molecule has 0 bridgehead atoms. The van der Waals surface area contributed by atoms with Crippen molar-refractivity contribution >= 4 is 21.4 Å². The van der Waals surface area contributed by atoms with E-state index in [0.717, 1.165) is 25.0 Å². The molecule has 2 rings (SSSR count). The topological polar surface area (TPSA) is 63.2 Å². The fraction of sp³-hybridized carbons (Fsp3) is 0.357. The van der Waals surface area contributed by atoms with Gasteiger partial charge >= 0.3 is 5.76 Å². The van der Waals surface area contributed by atoms with Gasteiger partial charge in [-0.05, 0) is 43.0 Å². The molecular weight excluding hydrogens is 300 g/mol. The van der Waals surface area contributed by atoms with E-state index in [9.17, 15) is 22.0 Å². The maximum absolute atomic E-state index is 12.4. The largest absolute Gasteiger partial charge is 0.341 e. The molecule has 1 unspecified atom stereocenters. The first-order valence-corrected chi connectivity index (χ1v) is 8.03.